The Balaban J connectivity index is 1.97. The number of nitrogens with zero attached hydrogens (tertiary/aromatic N) is 3. The molecule has 1 aliphatic rings. The van der Waals surface area contributed by atoms with Crippen molar-refractivity contribution < 1.29 is 9.84 Å². The molecule has 0 aliphatic carbocycles. The smallest absolute Gasteiger partial charge is 0.331 e. The maximum absolute atomic E-state index is 13.4. The van der Waals surface area contributed by atoms with E-state index < -0.39 is 11.8 Å². The summed E-state index contributed by atoms with van der Waals surface area (Å²) < 4.78 is 10.7. The van der Waals surface area contributed by atoms with Gasteiger partial charge < -0.3 is 14.4 Å². The van der Waals surface area contributed by atoms with Crippen LogP contribution in [0.5, 0.6) is 5.75 Å². The largest absolute Gasteiger partial charge is 0.508 e. The Bertz CT molecular complexity index is 1510. The van der Waals surface area contributed by atoms with Gasteiger partial charge in [0.05, 0.1) is 28.9 Å². The van der Waals surface area contributed by atoms with Gasteiger partial charge in [0.15, 0.2) is 0 Å². The third kappa shape index (κ3) is 2.92. The summed E-state index contributed by atoms with van der Waals surface area (Å²) in [5, 5.41) is 11.5. The van der Waals surface area contributed by atoms with Crippen LogP contribution < -0.4 is 11.2 Å². The Morgan fingerprint density at radius 2 is 1.88 bits per heavy atom. The van der Waals surface area contributed by atoms with Crippen molar-refractivity contribution in [3.05, 3.63) is 85.1 Å². The van der Waals surface area contributed by atoms with Gasteiger partial charge in [-0.15, -0.1) is 0 Å². The van der Waals surface area contributed by atoms with Gasteiger partial charge in [-0.05, 0) is 36.8 Å². The van der Waals surface area contributed by atoms with Gasteiger partial charge >= 0.3 is 5.69 Å². The van der Waals surface area contributed by atoms with Gasteiger partial charge in [-0.2, -0.15) is 0 Å². The van der Waals surface area contributed by atoms with Crippen LogP contribution >= 0.6 is 11.6 Å². The highest BCUT2D eigenvalue weighted by Gasteiger charge is 2.34. The van der Waals surface area contributed by atoms with E-state index in [1.807, 2.05) is 35.8 Å². The van der Waals surface area contributed by atoms with E-state index in [2.05, 4.69) is 0 Å². The Labute approximate surface area is 188 Å². The van der Waals surface area contributed by atoms with Crippen LogP contribution in [-0.2, 0) is 25.4 Å². The number of phenols is 1. The number of phenolic OH excluding ortho intramolecular Hbond substituents is 1. The van der Waals surface area contributed by atoms with Crippen LogP contribution in [0.3, 0.4) is 0 Å². The fourth-order valence-electron chi connectivity index (χ4n) is 4.64. The van der Waals surface area contributed by atoms with Gasteiger partial charge in [0.2, 0.25) is 0 Å². The fraction of sp³-hybridized carbons (Fsp3) is 0.250. The van der Waals surface area contributed by atoms with Crippen LogP contribution in [0.4, 0.5) is 0 Å². The summed E-state index contributed by atoms with van der Waals surface area (Å²) in [6.07, 6.45) is -0.693. The molecule has 1 N–H and O–H groups in total. The Morgan fingerprint density at radius 3 is 2.62 bits per heavy atom. The van der Waals surface area contributed by atoms with Crippen LogP contribution in [0.25, 0.3) is 22.2 Å². The number of hydrogen-bond acceptors (Lipinski definition) is 4. The predicted octanol–water partition coefficient (Wildman–Crippen LogP) is 3.49. The molecule has 0 saturated heterocycles. The molecule has 1 atom stereocenters. The number of aromatic hydroxyl groups is 1. The first-order chi connectivity index (χ1) is 15.3. The number of rotatable bonds is 2. The summed E-state index contributed by atoms with van der Waals surface area (Å²) >= 11 is 6.22. The van der Waals surface area contributed by atoms with Crippen molar-refractivity contribution in [3.63, 3.8) is 0 Å². The molecule has 0 spiro atoms. The molecule has 0 unspecified atom stereocenters. The van der Waals surface area contributed by atoms with Crippen molar-refractivity contribution >= 4 is 22.5 Å². The van der Waals surface area contributed by atoms with Gasteiger partial charge in [-0.3, -0.25) is 13.9 Å². The van der Waals surface area contributed by atoms with E-state index in [9.17, 15) is 14.7 Å². The molecule has 3 heterocycles. The number of benzene rings is 2. The Kier molecular flexibility index (Phi) is 4.76. The quantitative estimate of drug-likeness (QED) is 0.506. The normalized spacial score (nSPS) is 15.8. The minimum absolute atomic E-state index is 0.0353. The Morgan fingerprint density at radius 1 is 1.09 bits per heavy atom. The average Bonchev–Trinajstić information content (AvgIpc) is 3.13. The first-order valence-corrected chi connectivity index (χ1v) is 10.7. The Hall–Kier alpha value is -3.29. The number of halogens is 1. The predicted molar refractivity (Wildman–Crippen MR) is 124 cm³/mol. The lowest BCUT2D eigenvalue weighted by Gasteiger charge is -2.28. The topological polar surface area (TPSA) is 78.4 Å². The van der Waals surface area contributed by atoms with Crippen molar-refractivity contribution in [1.29, 1.82) is 0 Å². The number of aromatic nitrogens is 3. The highest BCUT2D eigenvalue weighted by molar-refractivity contribution is 6.30. The molecule has 164 valence electrons. The molecule has 0 bridgehead atoms. The van der Waals surface area contributed by atoms with Crippen molar-refractivity contribution in [2.45, 2.75) is 19.6 Å². The number of ether oxygens (including phenoxy) is 1. The van der Waals surface area contributed by atoms with E-state index in [1.165, 1.54) is 17.7 Å². The summed E-state index contributed by atoms with van der Waals surface area (Å²) in [7, 11) is 3.13. The first kappa shape index (κ1) is 20.6. The molecule has 7 nitrogen and oxygen atoms in total. The van der Waals surface area contributed by atoms with Crippen molar-refractivity contribution in [2.24, 2.45) is 14.1 Å². The van der Waals surface area contributed by atoms with E-state index in [4.69, 9.17) is 16.3 Å². The third-order valence-corrected chi connectivity index (χ3v) is 6.35. The minimum atomic E-state index is -0.693. The van der Waals surface area contributed by atoms with E-state index >= 15 is 0 Å². The molecule has 2 aromatic heterocycles. The number of hydrogen-bond donors (Lipinski definition) is 1. The van der Waals surface area contributed by atoms with Gasteiger partial charge in [-0.1, -0.05) is 35.4 Å². The molecule has 0 fully saturated rings. The maximum Gasteiger partial charge on any atom is 0.331 e. The van der Waals surface area contributed by atoms with Crippen LogP contribution in [0.1, 0.15) is 22.9 Å². The van der Waals surface area contributed by atoms with E-state index in [0.717, 1.165) is 21.4 Å². The van der Waals surface area contributed by atoms with Gasteiger partial charge in [0.1, 0.15) is 11.9 Å². The molecule has 32 heavy (non-hydrogen) atoms. The lowest BCUT2D eigenvalue weighted by Crippen LogP contribution is -2.37. The molecule has 0 saturated carbocycles. The van der Waals surface area contributed by atoms with E-state index in [-0.39, 0.29) is 11.3 Å². The number of fused-ring (bicyclic) bond motifs is 3. The number of aryl methyl sites for hydroxylation is 2. The third-order valence-electron chi connectivity index (χ3n) is 6.12. The van der Waals surface area contributed by atoms with Crippen LogP contribution in [0, 0.1) is 6.92 Å². The molecule has 5 rings (SSSR count). The fourth-order valence-corrected chi connectivity index (χ4v) is 4.83. The molecule has 4 aromatic rings. The van der Waals surface area contributed by atoms with Crippen molar-refractivity contribution in [1.82, 2.24) is 13.7 Å². The summed E-state index contributed by atoms with van der Waals surface area (Å²) in [6, 6.07) is 12.7. The lowest BCUT2D eigenvalue weighted by molar-refractivity contribution is 0.0464. The summed E-state index contributed by atoms with van der Waals surface area (Å²) in [5.41, 5.74) is 3.53. The standard InChI is InChI=1S/C24H22ClN3O4/c1-13-5-4-6-14(11-13)19-18-20(26(2)24(31)27(3)23(18)30)21-22(32-10-9-28(19)21)16-12-15(25)7-8-17(16)29/h4-8,11-12,22,29H,9-10H2,1-3H3/t22-/m1/s1. The highest BCUT2D eigenvalue weighted by atomic mass is 35.5. The zero-order valence-corrected chi connectivity index (χ0v) is 18.7. The van der Waals surface area contributed by atoms with Gasteiger partial charge in [-0.25, -0.2) is 4.79 Å². The summed E-state index contributed by atoms with van der Waals surface area (Å²) in [5.74, 6) is 0.0353. The van der Waals surface area contributed by atoms with Crippen LogP contribution in [0.15, 0.2) is 52.1 Å². The van der Waals surface area contributed by atoms with Crippen molar-refractivity contribution in [2.75, 3.05) is 6.61 Å². The summed E-state index contributed by atoms with van der Waals surface area (Å²) in [4.78, 5) is 26.2. The van der Waals surface area contributed by atoms with Crippen LogP contribution in [0.2, 0.25) is 5.02 Å². The van der Waals surface area contributed by atoms with E-state index in [0.29, 0.717) is 40.3 Å². The van der Waals surface area contributed by atoms with E-state index in [1.54, 1.807) is 19.2 Å². The zero-order chi connectivity index (χ0) is 22.7. The van der Waals surface area contributed by atoms with Crippen LogP contribution in [-0.4, -0.2) is 25.4 Å². The molecule has 0 amide bonds. The average molecular weight is 452 g/mol. The van der Waals surface area contributed by atoms with Gasteiger partial charge in [0, 0.05) is 31.2 Å². The first-order valence-electron chi connectivity index (χ1n) is 10.3. The SMILES string of the molecule is Cc1cccc(-c2c3c(=O)n(C)c(=O)n(C)c3c3n2CCO[C@@H]3c2cc(Cl)ccc2O)c1. The molecule has 1 aliphatic heterocycles. The second-order valence-electron chi connectivity index (χ2n) is 8.14. The molecular weight excluding hydrogens is 430 g/mol. The highest BCUT2D eigenvalue weighted by Crippen LogP contribution is 2.43. The molecule has 0 radical (unpaired) electrons. The molecule has 8 heteroatoms. The van der Waals surface area contributed by atoms with Crippen molar-refractivity contribution in [3.8, 4) is 17.0 Å². The second-order valence-corrected chi connectivity index (χ2v) is 8.57. The minimum Gasteiger partial charge on any atom is -0.508 e. The summed E-state index contributed by atoms with van der Waals surface area (Å²) in [6.45, 7) is 2.87. The van der Waals surface area contributed by atoms with Gasteiger partial charge in [0.25, 0.3) is 5.56 Å². The zero-order valence-electron chi connectivity index (χ0n) is 17.9. The monoisotopic (exact) mass is 451 g/mol. The lowest BCUT2D eigenvalue weighted by atomic mass is 10.0. The molecular formula is C24H22ClN3O4. The second kappa shape index (κ2) is 7.39. The maximum atomic E-state index is 13.4. The molecule has 2 aromatic carbocycles.